The highest BCUT2D eigenvalue weighted by Gasteiger charge is 2.53. The molecule has 0 radical (unpaired) electrons. The van der Waals surface area contributed by atoms with Gasteiger partial charge in [0.15, 0.2) is 0 Å². The smallest absolute Gasteiger partial charge is 0.238 e. The number of hydrogen-bond donors (Lipinski definition) is 1. The maximum absolute atomic E-state index is 13.4. The van der Waals surface area contributed by atoms with Gasteiger partial charge in [0.05, 0.1) is 29.9 Å². The molecule has 1 atom stereocenters. The van der Waals surface area contributed by atoms with Gasteiger partial charge in [0, 0.05) is 24.2 Å². The molecule has 0 aromatic heterocycles. The minimum atomic E-state index is -0.345. The number of nitrogens with zero attached hydrogens (tertiary/aromatic N) is 2. The molecule has 1 saturated carbocycles. The van der Waals surface area contributed by atoms with E-state index in [4.69, 9.17) is 4.74 Å². The first kappa shape index (κ1) is 19.4. The van der Waals surface area contributed by atoms with Gasteiger partial charge in [-0.2, -0.15) is 5.26 Å². The molecule has 3 aliphatic rings. The number of carbonyl (C=O) groups is 1. The number of morpholine rings is 1. The number of para-hydroxylation sites is 1. The number of ether oxygens (including phenoxy) is 1. The van der Waals surface area contributed by atoms with Crippen molar-refractivity contribution in [3.8, 4) is 6.07 Å². The fourth-order valence-electron chi connectivity index (χ4n) is 4.69. The summed E-state index contributed by atoms with van der Waals surface area (Å²) in [6.07, 6.45) is 6.37. The molecule has 5 nitrogen and oxygen atoms in total. The molecular formula is C22H27N3O2S. The molecule has 2 heterocycles. The lowest BCUT2D eigenvalue weighted by Gasteiger charge is -2.33. The minimum absolute atomic E-state index is 0.0223. The van der Waals surface area contributed by atoms with Crippen LogP contribution in [-0.2, 0) is 9.53 Å². The lowest BCUT2D eigenvalue weighted by atomic mass is 9.71. The van der Waals surface area contributed by atoms with Gasteiger partial charge >= 0.3 is 0 Å². The van der Waals surface area contributed by atoms with E-state index in [1.165, 1.54) is 12.8 Å². The van der Waals surface area contributed by atoms with Gasteiger partial charge in [-0.15, -0.1) is 0 Å². The fourth-order valence-corrected chi connectivity index (χ4v) is 6.36. The van der Waals surface area contributed by atoms with E-state index in [9.17, 15) is 10.1 Å². The molecule has 6 heteroatoms. The van der Waals surface area contributed by atoms with E-state index in [0.717, 1.165) is 55.1 Å². The molecule has 2 fully saturated rings. The molecule has 1 N–H and O–H groups in total. The third-order valence-corrected chi connectivity index (χ3v) is 7.72. The molecule has 2 aliphatic heterocycles. The first-order chi connectivity index (χ1) is 13.7. The highest BCUT2D eigenvalue weighted by Crippen LogP contribution is 2.58. The molecule has 1 aromatic rings. The SMILES string of the molecule is N#CC1=C(N2CCOCC2)SC(C(=O)Nc2ccccc2)C12CCCCCC2. The van der Waals surface area contributed by atoms with Gasteiger partial charge in [-0.05, 0) is 25.0 Å². The van der Waals surface area contributed by atoms with Crippen molar-refractivity contribution in [2.24, 2.45) is 5.41 Å². The maximum Gasteiger partial charge on any atom is 0.238 e. The Hall–Kier alpha value is -1.97. The number of hydrogen-bond acceptors (Lipinski definition) is 5. The molecule has 1 aromatic carbocycles. The number of amides is 1. The largest absolute Gasteiger partial charge is 0.378 e. The Morgan fingerprint density at radius 1 is 1.14 bits per heavy atom. The second-order valence-corrected chi connectivity index (χ2v) is 8.91. The van der Waals surface area contributed by atoms with Crippen LogP contribution >= 0.6 is 11.8 Å². The van der Waals surface area contributed by atoms with Crippen molar-refractivity contribution in [2.75, 3.05) is 31.6 Å². The van der Waals surface area contributed by atoms with Crippen molar-refractivity contribution in [2.45, 2.75) is 43.8 Å². The molecule has 0 bridgehead atoms. The summed E-state index contributed by atoms with van der Waals surface area (Å²) in [6, 6.07) is 12.2. The van der Waals surface area contributed by atoms with Crippen LogP contribution in [0.25, 0.3) is 0 Å². The lowest BCUT2D eigenvalue weighted by Crippen LogP contribution is -2.40. The van der Waals surface area contributed by atoms with Crippen molar-refractivity contribution < 1.29 is 9.53 Å². The van der Waals surface area contributed by atoms with Gasteiger partial charge in [-0.1, -0.05) is 55.6 Å². The number of allylic oxidation sites excluding steroid dienone is 1. The van der Waals surface area contributed by atoms with E-state index in [0.29, 0.717) is 13.2 Å². The van der Waals surface area contributed by atoms with Crippen LogP contribution in [0.1, 0.15) is 38.5 Å². The van der Waals surface area contributed by atoms with E-state index in [2.05, 4.69) is 16.3 Å². The fraction of sp³-hybridized carbons (Fsp3) is 0.545. The molecule has 1 spiro atoms. The van der Waals surface area contributed by atoms with E-state index < -0.39 is 0 Å². The molecule has 1 saturated heterocycles. The van der Waals surface area contributed by atoms with E-state index in [1.807, 2.05) is 30.3 Å². The summed E-state index contributed by atoms with van der Waals surface area (Å²) in [4.78, 5) is 15.6. The Kier molecular flexibility index (Phi) is 5.93. The Morgan fingerprint density at radius 3 is 2.46 bits per heavy atom. The molecule has 28 heavy (non-hydrogen) atoms. The molecule has 148 valence electrons. The minimum Gasteiger partial charge on any atom is -0.378 e. The van der Waals surface area contributed by atoms with Gasteiger partial charge in [0.2, 0.25) is 5.91 Å². The predicted molar refractivity (Wildman–Crippen MR) is 112 cm³/mol. The number of rotatable bonds is 3. The number of thioether (sulfide) groups is 1. The normalized spacial score (nSPS) is 24.7. The third kappa shape index (κ3) is 3.66. The van der Waals surface area contributed by atoms with Gasteiger partial charge in [0.25, 0.3) is 0 Å². The first-order valence-electron chi connectivity index (χ1n) is 10.2. The van der Waals surface area contributed by atoms with Crippen molar-refractivity contribution >= 4 is 23.4 Å². The van der Waals surface area contributed by atoms with Crippen LogP contribution in [0.15, 0.2) is 40.9 Å². The predicted octanol–water partition coefficient (Wildman–Crippen LogP) is 4.15. The second kappa shape index (κ2) is 8.59. The summed E-state index contributed by atoms with van der Waals surface area (Å²) in [5, 5.41) is 14.0. The topological polar surface area (TPSA) is 65.4 Å². The number of anilines is 1. The van der Waals surface area contributed by atoms with E-state index >= 15 is 0 Å². The summed E-state index contributed by atoms with van der Waals surface area (Å²) in [5.41, 5.74) is 1.31. The standard InChI is InChI=1S/C22H27N3O2S/c23-16-18-21(25-12-14-27-15-13-25)28-19(22(18)10-6-1-2-7-11-22)20(26)24-17-8-4-3-5-9-17/h3-5,8-9,19H,1-2,6-7,10-15H2,(H,24,26). The summed E-state index contributed by atoms with van der Waals surface area (Å²) >= 11 is 1.61. The maximum atomic E-state index is 13.4. The van der Waals surface area contributed by atoms with Crippen LogP contribution in [0.2, 0.25) is 0 Å². The average Bonchev–Trinajstić information content (AvgIpc) is 2.86. The molecule has 1 amide bonds. The molecule has 4 rings (SSSR count). The van der Waals surface area contributed by atoms with Gasteiger partial charge in [-0.3, -0.25) is 4.79 Å². The zero-order valence-corrected chi connectivity index (χ0v) is 17.0. The number of benzene rings is 1. The highest BCUT2D eigenvalue weighted by atomic mass is 32.2. The van der Waals surface area contributed by atoms with Crippen LogP contribution < -0.4 is 5.32 Å². The van der Waals surface area contributed by atoms with Gasteiger partial charge in [0.1, 0.15) is 5.25 Å². The molecular weight excluding hydrogens is 370 g/mol. The number of carbonyl (C=O) groups excluding carboxylic acids is 1. The van der Waals surface area contributed by atoms with Crippen LogP contribution in [-0.4, -0.2) is 42.4 Å². The van der Waals surface area contributed by atoms with Crippen molar-refractivity contribution in [1.82, 2.24) is 4.90 Å². The van der Waals surface area contributed by atoms with Crippen molar-refractivity contribution in [3.05, 3.63) is 40.9 Å². The quantitative estimate of drug-likeness (QED) is 0.830. The Morgan fingerprint density at radius 2 is 1.82 bits per heavy atom. The van der Waals surface area contributed by atoms with E-state index in [1.54, 1.807) is 11.8 Å². The van der Waals surface area contributed by atoms with Gasteiger partial charge in [-0.25, -0.2) is 0 Å². The van der Waals surface area contributed by atoms with Crippen molar-refractivity contribution in [1.29, 1.82) is 5.26 Å². The number of nitriles is 1. The molecule has 1 aliphatic carbocycles. The Balaban J connectivity index is 1.67. The zero-order chi connectivity index (χ0) is 19.4. The van der Waals surface area contributed by atoms with Crippen molar-refractivity contribution in [3.63, 3.8) is 0 Å². The van der Waals surface area contributed by atoms with Crippen LogP contribution in [0.4, 0.5) is 5.69 Å². The lowest BCUT2D eigenvalue weighted by molar-refractivity contribution is -0.117. The van der Waals surface area contributed by atoms with Gasteiger partial charge < -0.3 is 15.0 Å². The van der Waals surface area contributed by atoms with E-state index in [-0.39, 0.29) is 16.6 Å². The summed E-state index contributed by atoms with van der Waals surface area (Å²) < 4.78 is 5.50. The number of nitrogens with one attached hydrogen (secondary N) is 1. The summed E-state index contributed by atoms with van der Waals surface area (Å²) in [5.74, 6) is 0.0223. The van der Waals surface area contributed by atoms with Crippen LogP contribution in [0.3, 0.4) is 0 Å². The highest BCUT2D eigenvalue weighted by molar-refractivity contribution is 8.04. The van der Waals surface area contributed by atoms with Crippen LogP contribution in [0, 0.1) is 16.7 Å². The third-order valence-electron chi connectivity index (χ3n) is 6.13. The average molecular weight is 398 g/mol. The first-order valence-corrected chi connectivity index (χ1v) is 11.1. The Labute approximate surface area is 171 Å². The molecule has 1 unspecified atom stereocenters. The zero-order valence-electron chi connectivity index (χ0n) is 16.2. The van der Waals surface area contributed by atoms with Crippen LogP contribution in [0.5, 0.6) is 0 Å². The Bertz CT molecular complexity index is 773. The summed E-state index contributed by atoms with van der Waals surface area (Å²) in [6.45, 7) is 2.93. The second-order valence-electron chi connectivity index (χ2n) is 7.81. The monoisotopic (exact) mass is 397 g/mol. The summed E-state index contributed by atoms with van der Waals surface area (Å²) in [7, 11) is 0.